The molecule has 0 saturated heterocycles. The molecule has 0 spiro atoms. The van der Waals surface area contributed by atoms with Gasteiger partial charge in [-0.1, -0.05) is 0 Å². The van der Waals surface area contributed by atoms with Crippen LogP contribution in [-0.4, -0.2) is 53.2 Å². The number of carbonyl (C=O) groups is 1. The van der Waals surface area contributed by atoms with Crippen molar-refractivity contribution in [3.8, 4) is 0 Å². The van der Waals surface area contributed by atoms with E-state index in [4.69, 9.17) is 5.11 Å². The van der Waals surface area contributed by atoms with Crippen molar-refractivity contribution in [2.45, 2.75) is 0 Å². The molecule has 21 heavy (non-hydrogen) atoms. The van der Waals surface area contributed by atoms with E-state index in [-0.39, 0.29) is 0 Å². The molecule has 124 valence electrons. The summed E-state index contributed by atoms with van der Waals surface area (Å²) in [6.45, 7) is 0. The summed E-state index contributed by atoms with van der Waals surface area (Å²) < 4.78 is 47.5. The van der Waals surface area contributed by atoms with Crippen LogP contribution in [0.5, 0.6) is 0 Å². The van der Waals surface area contributed by atoms with Gasteiger partial charge < -0.3 is 33.4 Å². The Balaban J connectivity index is 6.50. The molecule has 0 radical (unpaired) electrons. The molecule has 0 aromatic carbocycles. The lowest BCUT2D eigenvalue weighted by atomic mass is 10.5. The van der Waals surface area contributed by atoms with Crippen LogP contribution < -0.4 is 0 Å². The summed E-state index contributed by atoms with van der Waals surface area (Å²) in [5.74, 6) is -2.08. The first-order valence-corrected chi connectivity index (χ1v) is 9.88. The zero-order chi connectivity index (χ0) is 17.1. The van der Waals surface area contributed by atoms with E-state index in [0.717, 1.165) is 7.11 Å². The van der Waals surface area contributed by atoms with Crippen LogP contribution in [-0.2, 0) is 32.1 Å². The van der Waals surface area contributed by atoms with Crippen molar-refractivity contribution in [1.82, 2.24) is 0 Å². The van der Waals surface area contributed by atoms with Crippen molar-refractivity contribution in [3.63, 3.8) is 0 Å². The van der Waals surface area contributed by atoms with E-state index in [1.807, 2.05) is 0 Å². The Morgan fingerprint density at radius 2 is 1.33 bits per heavy atom. The normalized spacial score (nSPS) is 21.6. The molecule has 3 atom stereocenters. The molecule has 14 heteroatoms. The van der Waals surface area contributed by atoms with Crippen LogP contribution in [0.25, 0.3) is 0 Å². The Morgan fingerprint density at radius 3 is 1.62 bits per heavy atom. The minimum absolute atomic E-state index is 0.686. The minimum atomic E-state index is -5.02. The third-order valence-corrected chi connectivity index (χ3v) is 7.02. The van der Waals surface area contributed by atoms with Crippen LogP contribution in [0.2, 0.25) is 0 Å². The first-order valence-electron chi connectivity index (χ1n) is 4.96. The summed E-state index contributed by atoms with van der Waals surface area (Å²) >= 11 is 0. The number of carboxylic acid groups (broad SMARTS) is 1. The average molecular weight is 368 g/mol. The lowest BCUT2D eigenvalue weighted by Crippen LogP contribution is -2.11. The third-order valence-electron chi connectivity index (χ3n) is 2.23. The summed E-state index contributed by atoms with van der Waals surface area (Å²) in [5, 5.41) is 6.19. The van der Waals surface area contributed by atoms with Gasteiger partial charge in [-0.25, -0.2) is 4.79 Å². The van der Waals surface area contributed by atoms with E-state index in [1.165, 1.54) is 0 Å². The van der Waals surface area contributed by atoms with Gasteiger partial charge >= 0.3 is 28.8 Å². The number of hydrogen-bond acceptors (Lipinski definition) is 7. The molecule has 0 aliphatic rings. The monoisotopic (exact) mass is 368 g/mol. The van der Waals surface area contributed by atoms with Crippen molar-refractivity contribution in [2.24, 2.45) is 0 Å². The molecular weight excluding hydrogens is 353 g/mol. The highest BCUT2D eigenvalue weighted by Crippen LogP contribution is 2.64. The molecule has 0 fully saturated rings. The summed E-state index contributed by atoms with van der Waals surface area (Å²) in [6.07, 6.45) is -1.30. The van der Waals surface area contributed by atoms with Crippen molar-refractivity contribution >= 4 is 28.8 Å². The largest absolute Gasteiger partial charge is 0.477 e. The first kappa shape index (κ1) is 20.7. The Morgan fingerprint density at radius 1 is 0.905 bits per heavy atom. The first-order chi connectivity index (χ1) is 9.34. The summed E-state index contributed by atoms with van der Waals surface area (Å²) in [7, 11) is -12.3. The maximum Gasteiger partial charge on any atom is 0.366 e. The second-order valence-electron chi connectivity index (χ2n) is 3.48. The van der Waals surface area contributed by atoms with Crippen molar-refractivity contribution < 1.29 is 51.8 Å². The minimum Gasteiger partial charge on any atom is -0.477 e. The van der Waals surface area contributed by atoms with E-state index in [2.05, 4.69) is 13.6 Å². The Hall–Kier alpha value is -0.340. The number of allylic oxidation sites excluding steroid dienone is 1. The predicted molar refractivity (Wildman–Crippen MR) is 70.0 cm³/mol. The predicted octanol–water partition coefficient (Wildman–Crippen LogP) is 0.778. The maximum atomic E-state index is 11.8. The summed E-state index contributed by atoms with van der Waals surface area (Å²) in [5.41, 5.74) is 0. The van der Waals surface area contributed by atoms with Crippen LogP contribution >= 0.6 is 22.8 Å². The molecule has 0 heterocycles. The number of rotatable bonds is 8. The van der Waals surface area contributed by atoms with Gasteiger partial charge in [0.15, 0.2) is 5.31 Å². The fourth-order valence-corrected chi connectivity index (χ4v) is 5.37. The zero-order valence-corrected chi connectivity index (χ0v) is 13.9. The van der Waals surface area contributed by atoms with E-state index < -0.39 is 45.5 Å². The highest BCUT2D eigenvalue weighted by molar-refractivity contribution is 7.64. The van der Waals surface area contributed by atoms with Gasteiger partial charge in [-0.05, 0) is 0 Å². The molecule has 3 unspecified atom stereocenters. The van der Waals surface area contributed by atoms with Gasteiger partial charge in [-0.3, -0.25) is 13.7 Å². The Bertz CT molecular complexity index is 578. The van der Waals surface area contributed by atoms with Gasteiger partial charge in [0.2, 0.25) is 0 Å². The van der Waals surface area contributed by atoms with Crippen LogP contribution in [0.4, 0.5) is 0 Å². The van der Waals surface area contributed by atoms with Gasteiger partial charge in [-0.15, -0.1) is 0 Å². The lowest BCUT2D eigenvalue weighted by molar-refractivity contribution is -0.132. The fourth-order valence-electron chi connectivity index (χ4n) is 1.16. The van der Waals surface area contributed by atoms with Gasteiger partial charge in [-0.2, -0.15) is 0 Å². The standard InChI is InChI=1S/C7H15O11P3/c1-16-19(10,11)4-5(20(12,13)17-2)6(7(8)9)21(14,15)18-3/h4H2,1-3H3,(H,8,9)(H,10,11)(H,12,13)(H,14,15)/b6-5+. The van der Waals surface area contributed by atoms with Gasteiger partial charge in [0.05, 0.1) is 11.5 Å². The number of carboxylic acids is 1. The molecule has 0 amide bonds. The van der Waals surface area contributed by atoms with E-state index >= 15 is 0 Å². The zero-order valence-electron chi connectivity index (χ0n) is 11.2. The summed E-state index contributed by atoms with van der Waals surface area (Å²) in [4.78, 5) is 39.4. The van der Waals surface area contributed by atoms with Crippen LogP contribution in [0.3, 0.4) is 0 Å². The van der Waals surface area contributed by atoms with Crippen molar-refractivity contribution in [3.05, 3.63) is 10.6 Å². The molecule has 0 aliphatic heterocycles. The quantitative estimate of drug-likeness (QED) is 0.351. The number of aliphatic carboxylic acids is 1. The molecule has 0 rings (SSSR count). The molecule has 0 aliphatic carbocycles. The SMILES string of the molecule is COP(=O)(O)C/C(=C(/C(=O)O)P(=O)(O)OC)P(=O)(O)OC. The Kier molecular flexibility index (Phi) is 7.16. The number of hydrogen-bond donors (Lipinski definition) is 4. The van der Waals surface area contributed by atoms with Crippen molar-refractivity contribution in [1.29, 1.82) is 0 Å². The van der Waals surface area contributed by atoms with E-state index in [9.17, 15) is 33.2 Å². The topological polar surface area (TPSA) is 177 Å². The van der Waals surface area contributed by atoms with Crippen molar-refractivity contribution in [2.75, 3.05) is 27.5 Å². The van der Waals surface area contributed by atoms with Crippen LogP contribution in [0, 0.1) is 0 Å². The van der Waals surface area contributed by atoms with Crippen LogP contribution in [0.1, 0.15) is 0 Å². The van der Waals surface area contributed by atoms with Gasteiger partial charge in [0.1, 0.15) is 0 Å². The molecule has 11 nitrogen and oxygen atoms in total. The van der Waals surface area contributed by atoms with Crippen LogP contribution in [0.15, 0.2) is 10.6 Å². The third kappa shape index (κ3) is 5.41. The van der Waals surface area contributed by atoms with E-state index in [0.29, 0.717) is 14.2 Å². The maximum absolute atomic E-state index is 11.8. The smallest absolute Gasteiger partial charge is 0.366 e. The second-order valence-corrected chi connectivity index (χ2v) is 9.24. The second kappa shape index (κ2) is 7.28. The molecule has 0 aromatic rings. The average Bonchev–Trinajstić information content (AvgIpc) is 2.37. The van der Waals surface area contributed by atoms with Gasteiger partial charge in [0.25, 0.3) is 0 Å². The fraction of sp³-hybridized carbons (Fsp3) is 0.571. The molecule has 4 N–H and O–H groups in total. The highest BCUT2D eigenvalue weighted by atomic mass is 31.2. The molecule has 0 bridgehead atoms. The van der Waals surface area contributed by atoms with E-state index in [1.54, 1.807) is 0 Å². The molecule has 0 aromatic heterocycles. The molecule has 0 saturated carbocycles. The highest BCUT2D eigenvalue weighted by Gasteiger charge is 2.43. The summed E-state index contributed by atoms with van der Waals surface area (Å²) in [6, 6.07) is 0. The van der Waals surface area contributed by atoms with Gasteiger partial charge in [0, 0.05) is 21.3 Å². The molecular formula is C7H15O11P3. The lowest BCUT2D eigenvalue weighted by Gasteiger charge is -2.20. The Labute approximate surface area is 119 Å².